The number of thiophene rings is 1. The molecule has 2 aliphatic rings. The Morgan fingerprint density at radius 3 is 2.62 bits per heavy atom. The van der Waals surface area contributed by atoms with E-state index < -0.39 is 10.0 Å². The maximum Gasteiger partial charge on any atom is 0.244 e. The van der Waals surface area contributed by atoms with Crippen LogP contribution in [0.25, 0.3) is 0 Å². The highest BCUT2D eigenvalue weighted by molar-refractivity contribution is 7.89. The largest absolute Gasteiger partial charge is 0.396 e. The van der Waals surface area contributed by atoms with Crippen LogP contribution in [0.3, 0.4) is 0 Å². The van der Waals surface area contributed by atoms with Crippen LogP contribution in [0.4, 0.5) is 0 Å². The molecule has 2 saturated heterocycles. The molecule has 0 spiro atoms. The SMILES string of the molecule is CC[C@@]1(CO)C[C@@H]2CC[C@H]1N2S(=O)(=O)c1cc(C)sc1C. The number of aliphatic hydroxyl groups excluding tert-OH is 1. The fourth-order valence-corrected chi connectivity index (χ4v) is 7.72. The van der Waals surface area contributed by atoms with E-state index in [9.17, 15) is 13.5 Å². The fraction of sp³-hybridized carbons (Fsp3) is 0.733. The van der Waals surface area contributed by atoms with Crippen molar-refractivity contribution in [2.75, 3.05) is 6.61 Å². The molecule has 0 aliphatic carbocycles. The number of aliphatic hydroxyl groups is 1. The Bertz CT molecular complexity index is 646. The van der Waals surface area contributed by atoms with Crippen molar-refractivity contribution in [1.82, 2.24) is 4.31 Å². The van der Waals surface area contributed by atoms with E-state index in [1.54, 1.807) is 10.4 Å². The number of sulfonamides is 1. The monoisotopic (exact) mass is 329 g/mol. The molecule has 3 atom stereocenters. The van der Waals surface area contributed by atoms with E-state index in [1.165, 1.54) is 11.3 Å². The van der Waals surface area contributed by atoms with Gasteiger partial charge in [0.25, 0.3) is 0 Å². The van der Waals surface area contributed by atoms with E-state index in [4.69, 9.17) is 0 Å². The van der Waals surface area contributed by atoms with Gasteiger partial charge in [0.2, 0.25) is 10.0 Å². The zero-order valence-electron chi connectivity index (χ0n) is 12.8. The van der Waals surface area contributed by atoms with E-state index in [0.29, 0.717) is 4.90 Å². The summed E-state index contributed by atoms with van der Waals surface area (Å²) in [7, 11) is -3.44. The Morgan fingerprint density at radius 2 is 2.14 bits per heavy atom. The van der Waals surface area contributed by atoms with Crippen molar-refractivity contribution in [2.45, 2.75) is 63.4 Å². The average molecular weight is 329 g/mol. The zero-order valence-corrected chi connectivity index (χ0v) is 14.4. The molecule has 0 saturated carbocycles. The Morgan fingerprint density at radius 1 is 1.43 bits per heavy atom. The standard InChI is InChI=1S/C15H23NO3S2/c1-4-15(9-17)8-12-5-6-14(15)16(12)21(18,19)13-7-10(2)20-11(13)3/h7,12,14,17H,4-6,8-9H2,1-3H3/t12-,14+,15-/m0/s1. The van der Waals surface area contributed by atoms with Gasteiger partial charge in [-0.15, -0.1) is 11.3 Å². The van der Waals surface area contributed by atoms with Gasteiger partial charge in [-0.3, -0.25) is 0 Å². The van der Waals surface area contributed by atoms with Gasteiger partial charge in [0.1, 0.15) is 0 Å². The third-order valence-electron chi connectivity index (χ3n) is 5.36. The van der Waals surface area contributed by atoms with Gasteiger partial charge in [0.15, 0.2) is 0 Å². The molecule has 3 rings (SSSR count). The van der Waals surface area contributed by atoms with Crippen LogP contribution in [0.15, 0.2) is 11.0 Å². The van der Waals surface area contributed by atoms with E-state index >= 15 is 0 Å². The van der Waals surface area contributed by atoms with Gasteiger partial charge in [-0.1, -0.05) is 6.92 Å². The van der Waals surface area contributed by atoms with Gasteiger partial charge >= 0.3 is 0 Å². The smallest absolute Gasteiger partial charge is 0.244 e. The lowest BCUT2D eigenvalue weighted by Crippen LogP contribution is -2.42. The molecule has 2 aliphatic heterocycles. The topological polar surface area (TPSA) is 57.6 Å². The third kappa shape index (κ3) is 2.11. The van der Waals surface area contributed by atoms with Crippen molar-refractivity contribution >= 4 is 21.4 Å². The minimum atomic E-state index is -3.44. The number of hydrogen-bond donors (Lipinski definition) is 1. The van der Waals surface area contributed by atoms with E-state index in [0.717, 1.165) is 35.4 Å². The van der Waals surface area contributed by atoms with Gasteiger partial charge in [-0.2, -0.15) is 4.31 Å². The van der Waals surface area contributed by atoms with Gasteiger partial charge < -0.3 is 5.11 Å². The lowest BCUT2D eigenvalue weighted by molar-refractivity contribution is 0.0849. The Hall–Kier alpha value is -0.430. The first-order chi connectivity index (χ1) is 9.85. The van der Waals surface area contributed by atoms with Crippen LogP contribution in [-0.4, -0.2) is 36.5 Å². The third-order valence-corrected chi connectivity index (χ3v) is 8.54. The second-order valence-corrected chi connectivity index (χ2v) is 9.71. The molecule has 0 radical (unpaired) electrons. The second-order valence-electron chi connectivity index (χ2n) is 6.44. The predicted molar refractivity (Wildman–Crippen MR) is 84.1 cm³/mol. The minimum absolute atomic E-state index is 0.0397. The van der Waals surface area contributed by atoms with E-state index in [2.05, 4.69) is 6.92 Å². The molecule has 6 heteroatoms. The number of rotatable bonds is 4. The first-order valence-corrected chi connectivity index (χ1v) is 9.83. The van der Waals surface area contributed by atoms with Crippen LogP contribution < -0.4 is 0 Å². The van der Waals surface area contributed by atoms with Crippen molar-refractivity contribution in [3.8, 4) is 0 Å². The highest BCUT2D eigenvalue weighted by Crippen LogP contribution is 2.53. The average Bonchev–Trinajstić information content (AvgIpc) is 3.10. The molecule has 2 fully saturated rings. The molecule has 3 heterocycles. The molecule has 0 unspecified atom stereocenters. The first kappa shape index (κ1) is 15.5. The molecule has 118 valence electrons. The van der Waals surface area contributed by atoms with Crippen molar-refractivity contribution < 1.29 is 13.5 Å². The fourth-order valence-electron chi connectivity index (χ4n) is 4.24. The minimum Gasteiger partial charge on any atom is -0.396 e. The molecular weight excluding hydrogens is 306 g/mol. The van der Waals surface area contributed by atoms with E-state index in [-0.39, 0.29) is 24.1 Å². The summed E-state index contributed by atoms with van der Waals surface area (Å²) in [5.74, 6) is 0. The normalized spacial score (nSPS) is 33.0. The molecule has 2 bridgehead atoms. The number of hydrogen-bond acceptors (Lipinski definition) is 4. The molecule has 4 nitrogen and oxygen atoms in total. The van der Waals surface area contributed by atoms with Crippen molar-refractivity contribution in [1.29, 1.82) is 0 Å². The molecule has 0 amide bonds. The van der Waals surface area contributed by atoms with Crippen molar-refractivity contribution in [3.63, 3.8) is 0 Å². The quantitative estimate of drug-likeness (QED) is 0.924. The van der Waals surface area contributed by atoms with Crippen molar-refractivity contribution in [2.24, 2.45) is 5.41 Å². The number of fused-ring (bicyclic) bond motifs is 2. The highest BCUT2D eigenvalue weighted by atomic mass is 32.2. The highest BCUT2D eigenvalue weighted by Gasteiger charge is 2.58. The molecule has 21 heavy (non-hydrogen) atoms. The number of aryl methyl sites for hydroxylation is 2. The summed E-state index contributed by atoms with van der Waals surface area (Å²) in [6, 6.07) is 1.81. The molecule has 1 N–H and O–H groups in total. The van der Waals surface area contributed by atoms with Crippen LogP contribution in [0.1, 0.15) is 42.4 Å². The second kappa shape index (κ2) is 5.05. The van der Waals surface area contributed by atoms with Crippen LogP contribution >= 0.6 is 11.3 Å². The molecule has 1 aromatic heterocycles. The van der Waals surface area contributed by atoms with E-state index in [1.807, 2.05) is 13.8 Å². The maximum absolute atomic E-state index is 13.1. The van der Waals surface area contributed by atoms with Crippen LogP contribution in [0.2, 0.25) is 0 Å². The Kier molecular flexibility index (Phi) is 3.72. The van der Waals surface area contributed by atoms with Crippen molar-refractivity contribution in [3.05, 3.63) is 15.8 Å². The summed E-state index contributed by atoms with van der Waals surface area (Å²) >= 11 is 1.53. The summed E-state index contributed by atoms with van der Waals surface area (Å²) in [5, 5.41) is 9.83. The summed E-state index contributed by atoms with van der Waals surface area (Å²) in [5.41, 5.74) is -0.241. The lowest BCUT2D eigenvalue weighted by atomic mass is 9.72. The molecule has 1 aromatic rings. The summed E-state index contributed by atoms with van der Waals surface area (Å²) < 4.78 is 27.9. The predicted octanol–water partition coefficient (Wildman–Crippen LogP) is 2.68. The van der Waals surface area contributed by atoms with Gasteiger partial charge in [0.05, 0.1) is 11.5 Å². The summed E-state index contributed by atoms with van der Waals surface area (Å²) in [6.45, 7) is 5.96. The van der Waals surface area contributed by atoms with Crippen LogP contribution in [-0.2, 0) is 10.0 Å². The summed E-state index contributed by atoms with van der Waals surface area (Å²) in [4.78, 5) is 2.36. The van der Waals surface area contributed by atoms with Crippen LogP contribution in [0.5, 0.6) is 0 Å². The summed E-state index contributed by atoms with van der Waals surface area (Å²) in [6.07, 6.45) is 3.43. The zero-order chi connectivity index (χ0) is 15.4. The molecule has 0 aromatic carbocycles. The van der Waals surface area contributed by atoms with Gasteiger partial charge in [-0.05, 0) is 45.6 Å². The maximum atomic E-state index is 13.1. The molecular formula is C15H23NO3S2. The first-order valence-electron chi connectivity index (χ1n) is 7.57. The lowest BCUT2D eigenvalue weighted by Gasteiger charge is -2.34. The number of nitrogens with zero attached hydrogens (tertiary/aromatic N) is 1. The van der Waals surface area contributed by atoms with Gasteiger partial charge in [0, 0.05) is 27.3 Å². The Balaban J connectivity index is 2.03. The van der Waals surface area contributed by atoms with Gasteiger partial charge in [-0.25, -0.2) is 8.42 Å². The van der Waals surface area contributed by atoms with Crippen LogP contribution in [0, 0.1) is 19.3 Å². The Labute approximate surface area is 130 Å².